The van der Waals surface area contributed by atoms with Gasteiger partial charge in [0.05, 0.1) is 11.4 Å². The van der Waals surface area contributed by atoms with Crippen molar-refractivity contribution >= 4 is 23.6 Å². The number of rotatable bonds is 0. The fourth-order valence-corrected chi connectivity index (χ4v) is 1.54. The summed E-state index contributed by atoms with van der Waals surface area (Å²) in [7, 11) is 0. The van der Waals surface area contributed by atoms with Crippen molar-refractivity contribution in [1.82, 2.24) is 0 Å². The second-order valence-corrected chi connectivity index (χ2v) is 3.05. The highest BCUT2D eigenvalue weighted by molar-refractivity contribution is 6.02. The van der Waals surface area contributed by atoms with Gasteiger partial charge >= 0.3 is 12.2 Å². The van der Waals surface area contributed by atoms with Gasteiger partial charge in [-0.2, -0.15) is 0 Å². The number of benzene rings is 1. The summed E-state index contributed by atoms with van der Waals surface area (Å²) in [5.74, 6) is 0. The van der Waals surface area contributed by atoms with Gasteiger partial charge in [0.15, 0.2) is 0 Å². The number of hydrogen-bond acceptors (Lipinski definition) is 2. The van der Waals surface area contributed by atoms with Gasteiger partial charge in [-0.25, -0.2) is 9.59 Å². The standard InChI is InChI=1S/C9H8N2O4/c12-8(13)10-5-11(9(14)15)7-4-2-1-3-6(7)10/h1-4H,5H2,(H,12,13)(H,14,15). The highest BCUT2D eigenvalue weighted by Crippen LogP contribution is 2.35. The van der Waals surface area contributed by atoms with E-state index in [0.717, 1.165) is 9.80 Å². The lowest BCUT2D eigenvalue weighted by Crippen LogP contribution is -2.37. The third kappa shape index (κ3) is 1.35. The Labute approximate surface area is 85.0 Å². The average Bonchev–Trinajstić information content (AvgIpc) is 2.56. The van der Waals surface area contributed by atoms with E-state index in [-0.39, 0.29) is 6.67 Å². The monoisotopic (exact) mass is 208 g/mol. The van der Waals surface area contributed by atoms with E-state index < -0.39 is 12.2 Å². The Morgan fingerprint density at radius 3 is 1.73 bits per heavy atom. The summed E-state index contributed by atoms with van der Waals surface area (Å²) in [4.78, 5) is 23.7. The van der Waals surface area contributed by atoms with Crippen LogP contribution in [0.1, 0.15) is 0 Å². The average molecular weight is 208 g/mol. The molecule has 1 aromatic rings. The lowest BCUT2D eigenvalue weighted by molar-refractivity contribution is 0.199. The molecule has 2 rings (SSSR count). The van der Waals surface area contributed by atoms with Crippen LogP contribution in [0, 0.1) is 0 Å². The van der Waals surface area contributed by atoms with Crippen LogP contribution in [0.25, 0.3) is 0 Å². The van der Waals surface area contributed by atoms with Gasteiger partial charge < -0.3 is 10.2 Å². The van der Waals surface area contributed by atoms with Gasteiger partial charge in [-0.05, 0) is 12.1 Å². The summed E-state index contributed by atoms with van der Waals surface area (Å²) < 4.78 is 0. The first-order valence-electron chi connectivity index (χ1n) is 4.21. The maximum Gasteiger partial charge on any atom is 0.413 e. The van der Waals surface area contributed by atoms with E-state index in [1.165, 1.54) is 0 Å². The van der Waals surface area contributed by atoms with Gasteiger partial charge in [0.25, 0.3) is 0 Å². The van der Waals surface area contributed by atoms with Crippen LogP contribution in [0.5, 0.6) is 0 Å². The van der Waals surface area contributed by atoms with Crippen LogP contribution >= 0.6 is 0 Å². The molecule has 1 aromatic carbocycles. The zero-order valence-electron chi connectivity index (χ0n) is 7.62. The summed E-state index contributed by atoms with van der Waals surface area (Å²) in [6.07, 6.45) is -2.32. The summed E-state index contributed by atoms with van der Waals surface area (Å²) >= 11 is 0. The topological polar surface area (TPSA) is 81.1 Å². The van der Waals surface area contributed by atoms with Crippen LogP contribution in [0.4, 0.5) is 21.0 Å². The third-order valence-corrected chi connectivity index (χ3v) is 2.21. The van der Waals surface area contributed by atoms with Crippen molar-refractivity contribution in [3.05, 3.63) is 24.3 Å². The second kappa shape index (κ2) is 3.16. The lowest BCUT2D eigenvalue weighted by Gasteiger charge is -2.12. The molecule has 0 aromatic heterocycles. The zero-order chi connectivity index (χ0) is 11.0. The molecule has 0 saturated carbocycles. The largest absolute Gasteiger partial charge is 0.465 e. The maximum absolute atomic E-state index is 10.8. The number of hydrogen-bond donors (Lipinski definition) is 2. The number of carbonyl (C=O) groups is 2. The van der Waals surface area contributed by atoms with E-state index in [4.69, 9.17) is 10.2 Å². The quantitative estimate of drug-likeness (QED) is 0.678. The predicted molar refractivity (Wildman–Crippen MR) is 52.3 cm³/mol. The molecule has 0 atom stereocenters. The van der Waals surface area contributed by atoms with Crippen molar-refractivity contribution in [2.24, 2.45) is 0 Å². The Morgan fingerprint density at radius 2 is 1.40 bits per heavy atom. The molecule has 15 heavy (non-hydrogen) atoms. The van der Waals surface area contributed by atoms with Gasteiger partial charge in [-0.15, -0.1) is 0 Å². The highest BCUT2D eigenvalue weighted by atomic mass is 16.4. The van der Waals surface area contributed by atoms with Crippen LogP contribution in [0.15, 0.2) is 24.3 Å². The van der Waals surface area contributed by atoms with Gasteiger partial charge in [0.2, 0.25) is 0 Å². The second-order valence-electron chi connectivity index (χ2n) is 3.05. The Balaban J connectivity index is 2.48. The van der Waals surface area contributed by atoms with Crippen molar-refractivity contribution in [2.45, 2.75) is 0 Å². The lowest BCUT2D eigenvalue weighted by atomic mass is 10.2. The van der Waals surface area contributed by atoms with E-state index in [1.807, 2.05) is 0 Å². The van der Waals surface area contributed by atoms with Crippen LogP contribution in [0.2, 0.25) is 0 Å². The Morgan fingerprint density at radius 1 is 1.00 bits per heavy atom. The summed E-state index contributed by atoms with van der Waals surface area (Å²) in [6.45, 7) is -0.177. The Kier molecular flexibility index (Phi) is 1.96. The molecule has 1 aliphatic rings. The van der Waals surface area contributed by atoms with Crippen molar-refractivity contribution in [3.63, 3.8) is 0 Å². The van der Waals surface area contributed by atoms with E-state index >= 15 is 0 Å². The molecular weight excluding hydrogens is 200 g/mol. The van der Waals surface area contributed by atoms with Crippen LogP contribution < -0.4 is 9.80 Å². The predicted octanol–water partition coefficient (Wildman–Crippen LogP) is 1.63. The van der Waals surface area contributed by atoms with E-state index in [2.05, 4.69) is 0 Å². The number of para-hydroxylation sites is 2. The zero-order valence-corrected chi connectivity index (χ0v) is 7.62. The minimum absolute atomic E-state index is 0.177. The summed E-state index contributed by atoms with van der Waals surface area (Å²) in [5, 5.41) is 17.7. The minimum Gasteiger partial charge on any atom is -0.465 e. The molecule has 0 aliphatic carbocycles. The molecule has 0 saturated heterocycles. The number of anilines is 2. The highest BCUT2D eigenvalue weighted by Gasteiger charge is 2.32. The van der Waals surface area contributed by atoms with E-state index in [9.17, 15) is 9.59 Å². The van der Waals surface area contributed by atoms with Gasteiger partial charge in [0.1, 0.15) is 6.67 Å². The minimum atomic E-state index is -1.16. The molecule has 0 radical (unpaired) electrons. The van der Waals surface area contributed by atoms with Gasteiger partial charge in [0, 0.05) is 0 Å². The Hall–Kier alpha value is -2.24. The van der Waals surface area contributed by atoms with Crippen LogP contribution in [-0.2, 0) is 0 Å². The van der Waals surface area contributed by atoms with E-state index in [0.29, 0.717) is 11.4 Å². The normalized spacial score (nSPS) is 13.9. The molecule has 6 nitrogen and oxygen atoms in total. The number of carboxylic acid groups (broad SMARTS) is 2. The molecule has 1 heterocycles. The molecule has 78 valence electrons. The molecule has 6 heteroatoms. The smallest absolute Gasteiger partial charge is 0.413 e. The number of fused-ring (bicyclic) bond motifs is 1. The summed E-state index contributed by atoms with van der Waals surface area (Å²) in [5.41, 5.74) is 0.791. The number of amides is 2. The molecule has 1 aliphatic heterocycles. The first-order valence-corrected chi connectivity index (χ1v) is 4.21. The van der Waals surface area contributed by atoms with E-state index in [1.54, 1.807) is 24.3 Å². The van der Waals surface area contributed by atoms with Crippen molar-refractivity contribution in [3.8, 4) is 0 Å². The molecule has 2 N–H and O–H groups in total. The molecule has 0 spiro atoms. The molecule has 2 amide bonds. The summed E-state index contributed by atoms with van der Waals surface area (Å²) in [6, 6.07) is 6.49. The van der Waals surface area contributed by atoms with Gasteiger partial charge in [-0.3, -0.25) is 9.80 Å². The fraction of sp³-hybridized carbons (Fsp3) is 0.111. The van der Waals surface area contributed by atoms with Gasteiger partial charge in [-0.1, -0.05) is 12.1 Å². The molecule has 0 fully saturated rings. The molecular formula is C9H8N2O4. The van der Waals surface area contributed by atoms with Crippen molar-refractivity contribution in [1.29, 1.82) is 0 Å². The SMILES string of the molecule is O=C(O)N1CN(C(=O)O)c2ccccc21. The van der Waals surface area contributed by atoms with Crippen molar-refractivity contribution in [2.75, 3.05) is 16.5 Å². The Bertz CT molecular complexity index is 393. The van der Waals surface area contributed by atoms with Crippen LogP contribution in [0.3, 0.4) is 0 Å². The first-order chi connectivity index (χ1) is 7.11. The number of nitrogens with zero attached hydrogens (tertiary/aromatic N) is 2. The maximum atomic E-state index is 10.8. The van der Waals surface area contributed by atoms with Crippen LogP contribution in [-0.4, -0.2) is 29.1 Å². The van der Waals surface area contributed by atoms with Crippen molar-refractivity contribution < 1.29 is 19.8 Å². The first kappa shape index (κ1) is 9.32. The third-order valence-electron chi connectivity index (χ3n) is 2.21. The fourth-order valence-electron chi connectivity index (χ4n) is 1.54. The molecule has 0 bridgehead atoms. The molecule has 0 unspecified atom stereocenters.